The number of ether oxygens (including phenoxy) is 1. The summed E-state index contributed by atoms with van der Waals surface area (Å²) in [6.07, 6.45) is 5.23. The summed E-state index contributed by atoms with van der Waals surface area (Å²) in [6.45, 7) is 3.30. The van der Waals surface area contributed by atoms with E-state index >= 15 is 0 Å². The molecule has 1 aliphatic rings. The van der Waals surface area contributed by atoms with Gasteiger partial charge in [-0.25, -0.2) is 0 Å². The predicted octanol–water partition coefficient (Wildman–Crippen LogP) is 3.01. The zero-order valence-electron chi connectivity index (χ0n) is 13.5. The molecular formula is C18H23N3O2. The molecule has 0 spiro atoms. The van der Waals surface area contributed by atoms with E-state index in [0.29, 0.717) is 12.2 Å². The lowest BCUT2D eigenvalue weighted by Crippen LogP contribution is -2.24. The van der Waals surface area contributed by atoms with Crippen molar-refractivity contribution in [1.82, 2.24) is 15.5 Å². The van der Waals surface area contributed by atoms with Crippen molar-refractivity contribution in [3.05, 3.63) is 46.8 Å². The molecule has 5 nitrogen and oxygen atoms in total. The molecule has 0 saturated carbocycles. The van der Waals surface area contributed by atoms with Gasteiger partial charge in [0.1, 0.15) is 5.75 Å². The maximum atomic E-state index is 12.3. The van der Waals surface area contributed by atoms with Crippen LogP contribution in [0.25, 0.3) is 0 Å². The summed E-state index contributed by atoms with van der Waals surface area (Å²) in [4.78, 5) is 12.3. The summed E-state index contributed by atoms with van der Waals surface area (Å²) in [5.74, 6) is 0.763. The third kappa shape index (κ3) is 3.73. The minimum absolute atomic E-state index is 0.101. The first kappa shape index (κ1) is 15.6. The van der Waals surface area contributed by atoms with Gasteiger partial charge in [0.2, 0.25) is 0 Å². The Morgan fingerprint density at radius 2 is 2.04 bits per heavy atom. The van der Waals surface area contributed by atoms with Gasteiger partial charge in [-0.2, -0.15) is 5.10 Å². The number of H-pyrrole nitrogens is 1. The van der Waals surface area contributed by atoms with E-state index in [0.717, 1.165) is 54.9 Å². The van der Waals surface area contributed by atoms with Gasteiger partial charge in [0.25, 0.3) is 5.91 Å². The molecule has 2 aromatic rings. The molecule has 0 fully saturated rings. The summed E-state index contributed by atoms with van der Waals surface area (Å²) < 4.78 is 5.56. The van der Waals surface area contributed by atoms with Gasteiger partial charge in [-0.1, -0.05) is 19.1 Å². The summed E-state index contributed by atoms with van der Waals surface area (Å²) >= 11 is 0. The molecule has 0 aliphatic heterocycles. The Kier molecular flexibility index (Phi) is 4.95. The van der Waals surface area contributed by atoms with Crippen LogP contribution in [0, 0.1) is 0 Å². The van der Waals surface area contributed by atoms with Crippen LogP contribution in [0.4, 0.5) is 0 Å². The van der Waals surface area contributed by atoms with Crippen molar-refractivity contribution >= 4 is 5.91 Å². The largest absolute Gasteiger partial charge is 0.494 e. The molecule has 1 aromatic heterocycles. The number of carbonyl (C=O) groups excluding carboxylic acids is 1. The van der Waals surface area contributed by atoms with Crippen LogP contribution >= 0.6 is 0 Å². The molecule has 1 aromatic carbocycles. The van der Waals surface area contributed by atoms with Crippen LogP contribution in [0.3, 0.4) is 0 Å². The molecule has 0 bridgehead atoms. The van der Waals surface area contributed by atoms with Gasteiger partial charge in [-0.15, -0.1) is 0 Å². The van der Waals surface area contributed by atoms with Crippen molar-refractivity contribution in [2.24, 2.45) is 0 Å². The third-order valence-electron chi connectivity index (χ3n) is 4.12. The number of aromatic nitrogens is 2. The Bertz CT molecular complexity index is 661. The Morgan fingerprint density at radius 1 is 1.26 bits per heavy atom. The first-order valence-corrected chi connectivity index (χ1v) is 8.34. The van der Waals surface area contributed by atoms with Crippen LogP contribution in [0.5, 0.6) is 5.75 Å². The number of benzene rings is 1. The molecule has 23 heavy (non-hydrogen) atoms. The highest BCUT2D eigenvalue weighted by Gasteiger charge is 2.21. The third-order valence-corrected chi connectivity index (χ3v) is 4.12. The molecule has 122 valence electrons. The monoisotopic (exact) mass is 313 g/mol. The van der Waals surface area contributed by atoms with Crippen molar-refractivity contribution in [2.45, 2.75) is 45.6 Å². The molecule has 0 atom stereocenters. The fourth-order valence-corrected chi connectivity index (χ4v) is 2.86. The summed E-state index contributed by atoms with van der Waals surface area (Å²) in [5, 5.41) is 10.2. The molecule has 5 heteroatoms. The van der Waals surface area contributed by atoms with Crippen molar-refractivity contribution in [3.63, 3.8) is 0 Å². The van der Waals surface area contributed by atoms with E-state index in [2.05, 4.69) is 22.4 Å². The van der Waals surface area contributed by atoms with Gasteiger partial charge in [-0.05, 0) is 49.8 Å². The van der Waals surface area contributed by atoms with E-state index in [1.807, 2.05) is 24.3 Å². The van der Waals surface area contributed by atoms with Crippen molar-refractivity contribution < 1.29 is 9.53 Å². The zero-order valence-corrected chi connectivity index (χ0v) is 13.5. The number of hydrogen-bond acceptors (Lipinski definition) is 3. The van der Waals surface area contributed by atoms with Crippen LogP contribution in [0.2, 0.25) is 0 Å². The second-order valence-electron chi connectivity index (χ2n) is 5.91. The average molecular weight is 313 g/mol. The Morgan fingerprint density at radius 3 is 2.83 bits per heavy atom. The molecular weight excluding hydrogens is 290 g/mol. The Balaban J connectivity index is 1.57. The number of nitrogens with zero attached hydrogens (tertiary/aromatic N) is 1. The van der Waals surface area contributed by atoms with Crippen molar-refractivity contribution in [2.75, 3.05) is 6.61 Å². The highest BCUT2D eigenvalue weighted by atomic mass is 16.5. The first-order valence-electron chi connectivity index (χ1n) is 8.34. The second-order valence-corrected chi connectivity index (χ2v) is 5.91. The summed E-state index contributed by atoms with van der Waals surface area (Å²) in [6, 6.07) is 7.83. The predicted molar refractivity (Wildman–Crippen MR) is 88.6 cm³/mol. The van der Waals surface area contributed by atoms with Crippen molar-refractivity contribution in [3.8, 4) is 5.75 Å². The fraction of sp³-hybridized carbons (Fsp3) is 0.444. The number of rotatable bonds is 6. The maximum absolute atomic E-state index is 12.3. The van der Waals surface area contributed by atoms with Gasteiger partial charge in [0.05, 0.1) is 6.61 Å². The number of aromatic amines is 1. The van der Waals surface area contributed by atoms with Gasteiger partial charge in [-0.3, -0.25) is 9.89 Å². The summed E-state index contributed by atoms with van der Waals surface area (Å²) in [7, 11) is 0. The summed E-state index contributed by atoms with van der Waals surface area (Å²) in [5.41, 5.74) is 3.82. The molecule has 1 aliphatic carbocycles. The van der Waals surface area contributed by atoms with Gasteiger partial charge >= 0.3 is 0 Å². The number of hydrogen-bond donors (Lipinski definition) is 2. The minimum atomic E-state index is -0.101. The van der Waals surface area contributed by atoms with Crippen LogP contribution in [-0.4, -0.2) is 22.7 Å². The normalized spacial score (nSPS) is 13.4. The van der Waals surface area contributed by atoms with E-state index in [4.69, 9.17) is 4.74 Å². The van der Waals surface area contributed by atoms with Crippen LogP contribution in [-0.2, 0) is 19.4 Å². The number of aryl methyl sites for hydroxylation is 1. The number of fused-ring (bicyclic) bond motifs is 1. The number of amides is 1. The topological polar surface area (TPSA) is 67.0 Å². The van der Waals surface area contributed by atoms with E-state index < -0.39 is 0 Å². The quantitative estimate of drug-likeness (QED) is 0.861. The maximum Gasteiger partial charge on any atom is 0.272 e. The second kappa shape index (κ2) is 7.31. The lowest BCUT2D eigenvalue weighted by Gasteiger charge is -2.11. The number of nitrogens with one attached hydrogen (secondary N) is 2. The molecule has 0 saturated heterocycles. The highest BCUT2D eigenvalue weighted by molar-refractivity contribution is 5.94. The zero-order chi connectivity index (χ0) is 16.1. The van der Waals surface area contributed by atoms with Crippen LogP contribution < -0.4 is 10.1 Å². The standard InChI is InChI=1S/C18H23N3O2/c1-2-11-23-14-9-7-13(8-10-14)12-19-18(22)17-15-5-3-4-6-16(15)20-21-17/h7-10H,2-6,11-12H2,1H3,(H,19,22)(H,20,21). The smallest absolute Gasteiger partial charge is 0.272 e. The highest BCUT2D eigenvalue weighted by Crippen LogP contribution is 2.22. The van der Waals surface area contributed by atoms with E-state index in [1.54, 1.807) is 0 Å². The van der Waals surface area contributed by atoms with E-state index in [9.17, 15) is 4.79 Å². The molecule has 1 heterocycles. The molecule has 0 radical (unpaired) electrons. The molecule has 1 amide bonds. The molecule has 0 unspecified atom stereocenters. The molecule has 2 N–H and O–H groups in total. The SMILES string of the molecule is CCCOc1ccc(CNC(=O)c2n[nH]c3c2CCCC3)cc1. The Labute approximate surface area is 136 Å². The number of carbonyl (C=O) groups is 1. The van der Waals surface area contributed by atoms with Gasteiger partial charge in [0.15, 0.2) is 5.69 Å². The van der Waals surface area contributed by atoms with E-state index in [-0.39, 0.29) is 5.91 Å². The Hall–Kier alpha value is -2.30. The average Bonchev–Trinajstić information content (AvgIpc) is 3.03. The van der Waals surface area contributed by atoms with Gasteiger partial charge < -0.3 is 10.1 Å². The minimum Gasteiger partial charge on any atom is -0.494 e. The van der Waals surface area contributed by atoms with E-state index in [1.165, 1.54) is 6.42 Å². The first-order chi connectivity index (χ1) is 11.3. The van der Waals surface area contributed by atoms with Crippen LogP contribution in [0.15, 0.2) is 24.3 Å². The van der Waals surface area contributed by atoms with Crippen molar-refractivity contribution in [1.29, 1.82) is 0 Å². The lowest BCUT2D eigenvalue weighted by atomic mass is 9.96. The lowest BCUT2D eigenvalue weighted by molar-refractivity contribution is 0.0945. The molecule has 3 rings (SSSR count). The van der Waals surface area contributed by atoms with Crippen LogP contribution in [0.1, 0.15) is 53.5 Å². The van der Waals surface area contributed by atoms with Gasteiger partial charge in [0, 0.05) is 17.8 Å². The fourth-order valence-electron chi connectivity index (χ4n) is 2.86.